The number of aryl methyl sites for hydroxylation is 1. The minimum atomic E-state index is 0.503. The second kappa shape index (κ2) is 5.72. The quantitative estimate of drug-likeness (QED) is 0.893. The highest BCUT2D eigenvalue weighted by Crippen LogP contribution is 2.40. The van der Waals surface area contributed by atoms with Crippen molar-refractivity contribution in [3.05, 3.63) is 41.2 Å². The minimum absolute atomic E-state index is 0.503. The summed E-state index contributed by atoms with van der Waals surface area (Å²) in [6, 6.07) is 8.03. The van der Waals surface area contributed by atoms with E-state index in [0.717, 1.165) is 29.5 Å². The minimum Gasteiger partial charge on any atom is -0.439 e. The Morgan fingerprint density at radius 2 is 1.86 bits per heavy atom. The first-order valence-corrected chi connectivity index (χ1v) is 7.54. The monoisotopic (exact) mass is 283 g/mol. The van der Waals surface area contributed by atoms with Gasteiger partial charge in [-0.2, -0.15) is 4.98 Å². The number of rotatable bonds is 5. The molecule has 1 saturated carbocycles. The average molecular weight is 283 g/mol. The van der Waals surface area contributed by atoms with E-state index >= 15 is 0 Å². The zero-order valence-electron chi connectivity index (χ0n) is 12.8. The Morgan fingerprint density at radius 3 is 2.48 bits per heavy atom. The largest absolute Gasteiger partial charge is 0.439 e. The van der Waals surface area contributed by atoms with Gasteiger partial charge in [0.1, 0.15) is 17.4 Å². The van der Waals surface area contributed by atoms with Crippen LogP contribution in [-0.2, 0) is 0 Å². The van der Waals surface area contributed by atoms with Crippen LogP contribution in [0.2, 0.25) is 0 Å². The van der Waals surface area contributed by atoms with E-state index in [2.05, 4.69) is 29.1 Å². The summed E-state index contributed by atoms with van der Waals surface area (Å²) in [6.45, 7) is 6.97. The highest BCUT2D eigenvalue weighted by Gasteiger charge is 2.28. The molecule has 1 aliphatic carbocycles. The molecule has 110 valence electrons. The summed E-state index contributed by atoms with van der Waals surface area (Å²) >= 11 is 0. The van der Waals surface area contributed by atoms with Crippen molar-refractivity contribution in [3.63, 3.8) is 0 Å². The smallest absolute Gasteiger partial charge is 0.227 e. The van der Waals surface area contributed by atoms with Gasteiger partial charge < -0.3 is 10.1 Å². The molecule has 0 saturated heterocycles. The Kier molecular flexibility index (Phi) is 3.78. The molecule has 0 spiro atoms. The van der Waals surface area contributed by atoms with Crippen LogP contribution < -0.4 is 10.1 Å². The van der Waals surface area contributed by atoms with Crippen molar-refractivity contribution in [2.45, 2.75) is 39.5 Å². The number of nitrogens with one attached hydrogen (secondary N) is 1. The highest BCUT2D eigenvalue weighted by molar-refractivity contribution is 5.50. The summed E-state index contributed by atoms with van der Waals surface area (Å²) < 4.78 is 5.98. The van der Waals surface area contributed by atoms with Crippen molar-refractivity contribution >= 4 is 5.82 Å². The lowest BCUT2D eigenvalue weighted by molar-refractivity contribution is 0.454. The number of benzene rings is 1. The first-order valence-electron chi connectivity index (χ1n) is 7.54. The molecule has 4 heteroatoms. The fraction of sp³-hybridized carbons (Fsp3) is 0.412. The summed E-state index contributed by atoms with van der Waals surface area (Å²) in [7, 11) is 0. The number of hydrogen-bond acceptors (Lipinski definition) is 4. The summed E-state index contributed by atoms with van der Waals surface area (Å²) in [4.78, 5) is 9.26. The predicted molar refractivity (Wildman–Crippen MR) is 84.2 cm³/mol. The summed E-state index contributed by atoms with van der Waals surface area (Å²) in [5.74, 6) is 3.76. The van der Waals surface area contributed by atoms with Crippen LogP contribution in [0.5, 0.6) is 11.6 Å². The van der Waals surface area contributed by atoms with Crippen LogP contribution in [0.1, 0.15) is 42.6 Å². The highest BCUT2D eigenvalue weighted by atomic mass is 16.5. The zero-order valence-corrected chi connectivity index (χ0v) is 12.8. The number of hydrogen-bond donors (Lipinski definition) is 1. The third-order valence-corrected chi connectivity index (χ3v) is 3.64. The molecule has 1 N–H and O–H groups in total. The van der Waals surface area contributed by atoms with E-state index in [-0.39, 0.29) is 0 Å². The Morgan fingerprint density at radius 1 is 1.14 bits per heavy atom. The van der Waals surface area contributed by atoms with Gasteiger partial charge in [-0.1, -0.05) is 17.7 Å². The van der Waals surface area contributed by atoms with E-state index in [1.807, 2.05) is 31.2 Å². The summed E-state index contributed by atoms with van der Waals surface area (Å²) in [5.41, 5.74) is 2.18. The van der Waals surface area contributed by atoms with Gasteiger partial charge in [-0.05, 0) is 45.7 Å². The topological polar surface area (TPSA) is 47.0 Å². The fourth-order valence-electron chi connectivity index (χ4n) is 2.19. The Labute approximate surface area is 125 Å². The lowest BCUT2D eigenvalue weighted by atomic mass is 10.2. The standard InChI is InChI=1S/C17H21N3O/c1-4-18-15-12(3)17(20-16(19-15)13-7-8-13)21-14-9-5-11(2)6-10-14/h5-6,9-10,13H,4,7-8H2,1-3H3,(H,18,19,20). The number of aromatic nitrogens is 2. The summed E-state index contributed by atoms with van der Waals surface area (Å²) in [5, 5.41) is 3.30. The molecule has 0 unspecified atom stereocenters. The van der Waals surface area contributed by atoms with Gasteiger partial charge in [0.15, 0.2) is 0 Å². The molecular formula is C17H21N3O. The van der Waals surface area contributed by atoms with E-state index in [1.54, 1.807) is 0 Å². The molecule has 1 aromatic carbocycles. The molecule has 0 amide bonds. The van der Waals surface area contributed by atoms with Crippen molar-refractivity contribution in [1.82, 2.24) is 9.97 Å². The third-order valence-electron chi connectivity index (χ3n) is 3.64. The van der Waals surface area contributed by atoms with Gasteiger partial charge in [0.25, 0.3) is 0 Å². The van der Waals surface area contributed by atoms with E-state index < -0.39 is 0 Å². The van der Waals surface area contributed by atoms with Gasteiger partial charge in [-0.3, -0.25) is 0 Å². The fourth-order valence-corrected chi connectivity index (χ4v) is 2.19. The van der Waals surface area contributed by atoms with Gasteiger partial charge >= 0.3 is 0 Å². The van der Waals surface area contributed by atoms with Crippen LogP contribution in [0.4, 0.5) is 5.82 Å². The van der Waals surface area contributed by atoms with Gasteiger partial charge in [0, 0.05) is 12.5 Å². The van der Waals surface area contributed by atoms with Crippen LogP contribution in [0.15, 0.2) is 24.3 Å². The molecule has 1 aromatic heterocycles. The van der Waals surface area contributed by atoms with E-state index in [1.165, 1.54) is 18.4 Å². The molecule has 0 atom stereocenters. The molecular weight excluding hydrogens is 262 g/mol. The van der Waals surface area contributed by atoms with Crippen LogP contribution in [-0.4, -0.2) is 16.5 Å². The maximum absolute atomic E-state index is 5.98. The van der Waals surface area contributed by atoms with Crippen LogP contribution in [0.3, 0.4) is 0 Å². The Balaban J connectivity index is 1.93. The van der Waals surface area contributed by atoms with Crippen molar-refractivity contribution < 1.29 is 4.74 Å². The average Bonchev–Trinajstić information content (AvgIpc) is 3.30. The molecule has 21 heavy (non-hydrogen) atoms. The van der Waals surface area contributed by atoms with E-state index in [4.69, 9.17) is 4.74 Å². The van der Waals surface area contributed by atoms with Crippen LogP contribution >= 0.6 is 0 Å². The lowest BCUT2D eigenvalue weighted by Crippen LogP contribution is -2.07. The molecule has 1 fully saturated rings. The van der Waals surface area contributed by atoms with Gasteiger partial charge in [-0.25, -0.2) is 4.98 Å². The Bertz CT molecular complexity index is 633. The molecule has 0 radical (unpaired) electrons. The van der Waals surface area contributed by atoms with E-state index in [9.17, 15) is 0 Å². The molecule has 0 aliphatic heterocycles. The molecule has 0 bridgehead atoms. The van der Waals surface area contributed by atoms with Gasteiger partial charge in [0.05, 0.1) is 5.56 Å². The normalized spacial score (nSPS) is 14.0. The number of anilines is 1. The number of ether oxygens (including phenoxy) is 1. The second-order valence-corrected chi connectivity index (χ2v) is 5.58. The van der Waals surface area contributed by atoms with Crippen LogP contribution in [0, 0.1) is 13.8 Å². The van der Waals surface area contributed by atoms with Crippen molar-refractivity contribution in [1.29, 1.82) is 0 Å². The van der Waals surface area contributed by atoms with Gasteiger partial charge in [0.2, 0.25) is 5.88 Å². The second-order valence-electron chi connectivity index (χ2n) is 5.58. The third kappa shape index (κ3) is 3.15. The maximum atomic E-state index is 5.98. The molecule has 1 heterocycles. The Hall–Kier alpha value is -2.10. The zero-order chi connectivity index (χ0) is 14.8. The first kappa shape index (κ1) is 13.9. The van der Waals surface area contributed by atoms with Crippen molar-refractivity contribution in [2.75, 3.05) is 11.9 Å². The molecule has 4 nitrogen and oxygen atoms in total. The number of nitrogens with zero attached hydrogens (tertiary/aromatic N) is 2. The maximum Gasteiger partial charge on any atom is 0.227 e. The molecule has 3 rings (SSSR count). The van der Waals surface area contributed by atoms with Crippen LogP contribution in [0.25, 0.3) is 0 Å². The first-order chi connectivity index (χ1) is 10.2. The van der Waals surface area contributed by atoms with E-state index in [0.29, 0.717) is 11.8 Å². The lowest BCUT2D eigenvalue weighted by Gasteiger charge is -2.13. The molecule has 2 aromatic rings. The molecule has 1 aliphatic rings. The summed E-state index contributed by atoms with van der Waals surface area (Å²) in [6.07, 6.45) is 2.36. The SMILES string of the molecule is CCNc1nc(C2CC2)nc(Oc2ccc(C)cc2)c1C. The van der Waals surface area contributed by atoms with Gasteiger partial charge in [-0.15, -0.1) is 0 Å². The van der Waals surface area contributed by atoms with Crippen molar-refractivity contribution in [3.8, 4) is 11.6 Å². The van der Waals surface area contributed by atoms with Crippen molar-refractivity contribution in [2.24, 2.45) is 0 Å². The predicted octanol–water partition coefficient (Wildman–Crippen LogP) is 4.19.